The Morgan fingerprint density at radius 1 is 1.47 bits per heavy atom. The van der Waals surface area contributed by atoms with Crippen molar-refractivity contribution in [1.29, 1.82) is 0 Å². The number of aromatic nitrogens is 1. The molecule has 0 atom stereocenters. The van der Waals surface area contributed by atoms with Crippen molar-refractivity contribution in [2.75, 3.05) is 6.61 Å². The van der Waals surface area contributed by atoms with E-state index in [4.69, 9.17) is 10.5 Å². The molecule has 0 fully saturated rings. The molecule has 0 aliphatic rings. The fourth-order valence-electron chi connectivity index (χ4n) is 1.38. The van der Waals surface area contributed by atoms with Gasteiger partial charge in [0.2, 0.25) is 5.88 Å². The van der Waals surface area contributed by atoms with Crippen LogP contribution in [0, 0.1) is 6.92 Å². The number of nitrogens with zero attached hydrogens (tertiary/aromatic N) is 1. The van der Waals surface area contributed by atoms with Crippen LogP contribution >= 0.6 is 0 Å². The van der Waals surface area contributed by atoms with E-state index in [-0.39, 0.29) is 30.0 Å². The van der Waals surface area contributed by atoms with Gasteiger partial charge in [-0.2, -0.15) is 0 Å². The number of rotatable bonds is 4. The number of halogens is 3. The molecule has 0 unspecified atom stereocenters. The number of hydrogen-bond acceptors (Lipinski definition) is 5. The highest BCUT2D eigenvalue weighted by atomic mass is 19.4. The number of pyridine rings is 1. The van der Waals surface area contributed by atoms with E-state index in [1.54, 1.807) is 6.92 Å². The number of carbonyl (C=O) groups excluding carboxylic acids is 1. The first-order chi connectivity index (χ1) is 8.78. The van der Waals surface area contributed by atoms with Gasteiger partial charge < -0.3 is 15.2 Å². The molecule has 1 aromatic rings. The molecule has 0 saturated carbocycles. The maximum absolute atomic E-state index is 12.2. The number of aryl methyl sites for hydroxylation is 1. The van der Waals surface area contributed by atoms with Crippen LogP contribution in [0.1, 0.15) is 28.5 Å². The zero-order valence-electron chi connectivity index (χ0n) is 10.4. The monoisotopic (exact) mass is 278 g/mol. The summed E-state index contributed by atoms with van der Waals surface area (Å²) in [4.78, 5) is 15.2. The highest BCUT2D eigenvalue weighted by molar-refractivity contribution is 5.90. The summed E-state index contributed by atoms with van der Waals surface area (Å²) in [6, 6.07) is 1.20. The predicted octanol–water partition coefficient (Wildman–Crippen LogP) is 1.92. The predicted molar refractivity (Wildman–Crippen MR) is 59.5 cm³/mol. The van der Waals surface area contributed by atoms with Crippen molar-refractivity contribution in [3.63, 3.8) is 0 Å². The van der Waals surface area contributed by atoms with Crippen molar-refractivity contribution in [3.05, 3.63) is 22.9 Å². The van der Waals surface area contributed by atoms with Crippen molar-refractivity contribution >= 4 is 5.97 Å². The Morgan fingerprint density at radius 2 is 2.11 bits per heavy atom. The Kier molecular flexibility index (Phi) is 4.71. The van der Waals surface area contributed by atoms with E-state index in [0.29, 0.717) is 0 Å². The normalized spacial score (nSPS) is 11.3. The number of esters is 1. The van der Waals surface area contributed by atoms with Crippen LogP contribution < -0.4 is 10.5 Å². The summed E-state index contributed by atoms with van der Waals surface area (Å²) in [7, 11) is 0. The molecule has 0 amide bonds. The average Bonchev–Trinajstić information content (AvgIpc) is 2.27. The molecule has 0 aromatic carbocycles. The van der Waals surface area contributed by atoms with Crippen molar-refractivity contribution in [2.45, 2.75) is 26.8 Å². The van der Waals surface area contributed by atoms with Gasteiger partial charge in [0.05, 0.1) is 17.9 Å². The molecule has 1 heterocycles. The van der Waals surface area contributed by atoms with Gasteiger partial charge in [-0.15, -0.1) is 13.2 Å². The molecule has 2 N–H and O–H groups in total. The highest BCUT2D eigenvalue weighted by Gasteiger charge is 2.33. The van der Waals surface area contributed by atoms with Crippen LogP contribution in [0.15, 0.2) is 6.07 Å². The summed E-state index contributed by atoms with van der Waals surface area (Å²) in [6.45, 7) is 2.91. The summed E-state index contributed by atoms with van der Waals surface area (Å²) in [6.07, 6.45) is -4.87. The largest absolute Gasteiger partial charge is 0.574 e. The third-order valence-corrected chi connectivity index (χ3v) is 2.18. The number of nitrogens with two attached hydrogens (primary N) is 1. The molecule has 8 heteroatoms. The van der Waals surface area contributed by atoms with Gasteiger partial charge in [0.25, 0.3) is 0 Å². The Hall–Kier alpha value is -1.83. The third-order valence-electron chi connectivity index (χ3n) is 2.18. The SMILES string of the molecule is CCOC(=O)c1cc(CN)c(OC(F)(F)F)nc1C. The summed E-state index contributed by atoms with van der Waals surface area (Å²) in [5, 5.41) is 0. The summed E-state index contributed by atoms with van der Waals surface area (Å²) < 4.78 is 45.0. The lowest BCUT2D eigenvalue weighted by atomic mass is 10.1. The second-order valence-electron chi connectivity index (χ2n) is 3.56. The second kappa shape index (κ2) is 5.87. The van der Waals surface area contributed by atoms with Gasteiger partial charge in [-0.1, -0.05) is 0 Å². The lowest BCUT2D eigenvalue weighted by Crippen LogP contribution is -2.21. The lowest BCUT2D eigenvalue weighted by molar-refractivity contribution is -0.276. The molecule has 0 saturated heterocycles. The van der Waals surface area contributed by atoms with Gasteiger partial charge in [-0.3, -0.25) is 0 Å². The van der Waals surface area contributed by atoms with Gasteiger partial charge in [0.1, 0.15) is 0 Å². The van der Waals surface area contributed by atoms with Crippen LogP contribution in [0.25, 0.3) is 0 Å². The van der Waals surface area contributed by atoms with E-state index in [0.717, 1.165) is 0 Å². The van der Waals surface area contributed by atoms with Crippen LogP contribution in [0.5, 0.6) is 5.88 Å². The van der Waals surface area contributed by atoms with E-state index in [2.05, 4.69) is 9.72 Å². The zero-order valence-corrected chi connectivity index (χ0v) is 10.4. The first-order valence-corrected chi connectivity index (χ1v) is 5.42. The van der Waals surface area contributed by atoms with E-state index >= 15 is 0 Å². The molecule has 0 bridgehead atoms. The molecular weight excluding hydrogens is 265 g/mol. The number of alkyl halides is 3. The minimum atomic E-state index is -4.87. The van der Waals surface area contributed by atoms with Gasteiger partial charge in [-0.05, 0) is 19.9 Å². The quantitative estimate of drug-likeness (QED) is 0.852. The molecule has 0 spiro atoms. The van der Waals surface area contributed by atoms with E-state index < -0.39 is 18.2 Å². The smallest absolute Gasteiger partial charge is 0.462 e. The molecule has 5 nitrogen and oxygen atoms in total. The van der Waals surface area contributed by atoms with Crippen molar-refractivity contribution in [3.8, 4) is 5.88 Å². The Morgan fingerprint density at radius 3 is 2.58 bits per heavy atom. The van der Waals surface area contributed by atoms with Gasteiger partial charge >= 0.3 is 12.3 Å². The fourth-order valence-corrected chi connectivity index (χ4v) is 1.38. The van der Waals surface area contributed by atoms with Crippen molar-refractivity contribution in [1.82, 2.24) is 4.98 Å². The lowest BCUT2D eigenvalue weighted by Gasteiger charge is -2.14. The molecule has 19 heavy (non-hydrogen) atoms. The van der Waals surface area contributed by atoms with Crippen LogP contribution in [-0.4, -0.2) is 23.9 Å². The molecule has 0 radical (unpaired) electrons. The van der Waals surface area contributed by atoms with E-state index in [1.165, 1.54) is 13.0 Å². The van der Waals surface area contributed by atoms with Crippen molar-refractivity contribution in [2.24, 2.45) is 5.73 Å². The van der Waals surface area contributed by atoms with Crippen molar-refractivity contribution < 1.29 is 27.4 Å². The van der Waals surface area contributed by atoms with Crippen LogP contribution in [0.2, 0.25) is 0 Å². The fraction of sp³-hybridized carbons (Fsp3) is 0.455. The van der Waals surface area contributed by atoms with E-state index in [1.807, 2.05) is 0 Å². The van der Waals surface area contributed by atoms with Gasteiger partial charge in [-0.25, -0.2) is 9.78 Å². The third kappa shape index (κ3) is 4.09. The second-order valence-corrected chi connectivity index (χ2v) is 3.56. The Balaban J connectivity index is 3.17. The number of ether oxygens (including phenoxy) is 2. The average molecular weight is 278 g/mol. The van der Waals surface area contributed by atoms with Gasteiger partial charge in [0.15, 0.2) is 0 Å². The van der Waals surface area contributed by atoms with Crippen LogP contribution in [0.3, 0.4) is 0 Å². The minimum Gasteiger partial charge on any atom is -0.462 e. The molecular formula is C11H13F3N2O3. The molecule has 0 aliphatic heterocycles. The molecule has 106 valence electrons. The first-order valence-electron chi connectivity index (χ1n) is 5.42. The summed E-state index contributed by atoms with van der Waals surface area (Å²) in [5.41, 5.74) is 5.45. The van der Waals surface area contributed by atoms with E-state index in [9.17, 15) is 18.0 Å². The Bertz CT molecular complexity index is 475. The maximum atomic E-state index is 12.2. The highest BCUT2D eigenvalue weighted by Crippen LogP contribution is 2.26. The molecule has 1 rings (SSSR count). The number of carbonyl (C=O) groups is 1. The van der Waals surface area contributed by atoms with Gasteiger partial charge in [0, 0.05) is 12.1 Å². The van der Waals surface area contributed by atoms with Crippen LogP contribution in [0.4, 0.5) is 13.2 Å². The molecule has 1 aromatic heterocycles. The number of hydrogen-bond donors (Lipinski definition) is 1. The summed E-state index contributed by atoms with van der Waals surface area (Å²) in [5.74, 6) is -1.32. The molecule has 0 aliphatic carbocycles. The maximum Gasteiger partial charge on any atom is 0.574 e. The minimum absolute atomic E-state index is 0.0222. The standard InChI is InChI=1S/C11H13F3N2O3/c1-3-18-10(17)8-4-7(5-15)9(16-6(8)2)19-11(12,13)14/h4H,3,5,15H2,1-2H3. The van der Waals surface area contributed by atoms with Crippen LogP contribution in [-0.2, 0) is 11.3 Å². The summed E-state index contributed by atoms with van der Waals surface area (Å²) >= 11 is 0. The zero-order chi connectivity index (χ0) is 14.6. The Labute approximate surface area is 107 Å². The topological polar surface area (TPSA) is 74.4 Å². The first kappa shape index (κ1) is 15.2.